The van der Waals surface area contributed by atoms with E-state index in [0.29, 0.717) is 23.3 Å². The van der Waals surface area contributed by atoms with Gasteiger partial charge in [-0.15, -0.1) is 0 Å². The lowest BCUT2D eigenvalue weighted by Gasteiger charge is -2.09. The first kappa shape index (κ1) is 13.0. The Balaban J connectivity index is 2.13. The standard InChI is InChI=1S/C15H15F2N3/c1-8-3-6-10(14(17)13(8)16)11-7-12(18-2)20-15(19-11)9-4-5-9/h3,6-7,9H,4-5H2,1-2H3,(H,18,19,20). The zero-order chi connectivity index (χ0) is 14.3. The molecule has 3 rings (SSSR count). The molecule has 20 heavy (non-hydrogen) atoms. The van der Waals surface area contributed by atoms with Gasteiger partial charge in [0.25, 0.3) is 0 Å². The molecule has 0 bridgehead atoms. The van der Waals surface area contributed by atoms with Gasteiger partial charge in [-0.3, -0.25) is 0 Å². The summed E-state index contributed by atoms with van der Waals surface area (Å²) in [6.07, 6.45) is 2.11. The van der Waals surface area contributed by atoms with E-state index in [0.717, 1.165) is 12.8 Å². The Labute approximate surface area is 116 Å². The van der Waals surface area contributed by atoms with Crippen molar-refractivity contribution in [2.45, 2.75) is 25.7 Å². The van der Waals surface area contributed by atoms with Crippen molar-refractivity contribution in [2.24, 2.45) is 0 Å². The van der Waals surface area contributed by atoms with Gasteiger partial charge in [0.2, 0.25) is 0 Å². The molecule has 1 saturated carbocycles. The SMILES string of the molecule is CNc1cc(-c2ccc(C)c(F)c2F)nc(C2CC2)n1. The highest BCUT2D eigenvalue weighted by Crippen LogP contribution is 2.39. The van der Waals surface area contributed by atoms with Crippen LogP contribution in [0.4, 0.5) is 14.6 Å². The van der Waals surface area contributed by atoms with E-state index in [9.17, 15) is 8.78 Å². The largest absolute Gasteiger partial charge is 0.373 e. The lowest BCUT2D eigenvalue weighted by atomic mass is 10.1. The summed E-state index contributed by atoms with van der Waals surface area (Å²) in [7, 11) is 1.74. The zero-order valence-corrected chi connectivity index (χ0v) is 11.4. The van der Waals surface area contributed by atoms with Crippen LogP contribution in [0.3, 0.4) is 0 Å². The lowest BCUT2D eigenvalue weighted by molar-refractivity contribution is 0.505. The van der Waals surface area contributed by atoms with E-state index in [4.69, 9.17) is 0 Å². The highest BCUT2D eigenvalue weighted by molar-refractivity contribution is 5.64. The summed E-state index contributed by atoms with van der Waals surface area (Å²) in [4.78, 5) is 8.76. The Kier molecular flexibility index (Phi) is 3.12. The molecule has 3 nitrogen and oxygen atoms in total. The van der Waals surface area contributed by atoms with Crippen molar-refractivity contribution < 1.29 is 8.78 Å². The van der Waals surface area contributed by atoms with Gasteiger partial charge < -0.3 is 5.32 Å². The van der Waals surface area contributed by atoms with Crippen LogP contribution in [-0.2, 0) is 0 Å². The van der Waals surface area contributed by atoms with Crippen LogP contribution in [0.5, 0.6) is 0 Å². The smallest absolute Gasteiger partial charge is 0.168 e. The Bertz CT molecular complexity index is 666. The molecule has 1 N–H and O–H groups in total. The minimum Gasteiger partial charge on any atom is -0.373 e. The van der Waals surface area contributed by atoms with Crippen molar-refractivity contribution in [2.75, 3.05) is 12.4 Å². The predicted molar refractivity (Wildman–Crippen MR) is 73.6 cm³/mol. The number of rotatable bonds is 3. The monoisotopic (exact) mass is 275 g/mol. The molecule has 0 saturated heterocycles. The summed E-state index contributed by atoms with van der Waals surface area (Å²) < 4.78 is 27.8. The highest BCUT2D eigenvalue weighted by atomic mass is 19.2. The van der Waals surface area contributed by atoms with Gasteiger partial charge in [0.05, 0.1) is 5.69 Å². The molecule has 104 valence electrons. The maximum absolute atomic E-state index is 14.1. The van der Waals surface area contributed by atoms with E-state index in [-0.39, 0.29) is 11.1 Å². The first-order chi connectivity index (χ1) is 9.60. The maximum Gasteiger partial charge on any atom is 0.168 e. The topological polar surface area (TPSA) is 37.8 Å². The molecule has 0 atom stereocenters. The molecule has 0 spiro atoms. The summed E-state index contributed by atoms with van der Waals surface area (Å²) in [5, 5.41) is 2.94. The van der Waals surface area contributed by atoms with Crippen LogP contribution < -0.4 is 5.32 Å². The second kappa shape index (κ2) is 4.81. The van der Waals surface area contributed by atoms with E-state index >= 15 is 0 Å². The van der Waals surface area contributed by atoms with Gasteiger partial charge in [0.15, 0.2) is 11.6 Å². The first-order valence-corrected chi connectivity index (χ1v) is 6.62. The van der Waals surface area contributed by atoms with Crippen LogP contribution in [0.1, 0.15) is 30.1 Å². The third-order valence-corrected chi connectivity index (χ3v) is 3.49. The molecule has 0 radical (unpaired) electrons. The van der Waals surface area contributed by atoms with Crippen molar-refractivity contribution in [1.29, 1.82) is 0 Å². The molecule has 1 aromatic heterocycles. The summed E-state index contributed by atoms with van der Waals surface area (Å²) in [6.45, 7) is 1.54. The Hall–Kier alpha value is -2.04. The van der Waals surface area contributed by atoms with E-state index in [1.165, 1.54) is 6.92 Å². The number of aryl methyl sites for hydroxylation is 1. The first-order valence-electron chi connectivity index (χ1n) is 6.62. The van der Waals surface area contributed by atoms with Crippen molar-refractivity contribution in [3.8, 4) is 11.3 Å². The molecule has 1 aliphatic rings. The quantitative estimate of drug-likeness (QED) is 0.929. The molecule has 2 aromatic rings. The third-order valence-electron chi connectivity index (χ3n) is 3.49. The average Bonchev–Trinajstić information content (AvgIpc) is 3.29. The van der Waals surface area contributed by atoms with Crippen LogP contribution in [0.2, 0.25) is 0 Å². The zero-order valence-electron chi connectivity index (χ0n) is 11.4. The summed E-state index contributed by atoms with van der Waals surface area (Å²) >= 11 is 0. The van der Waals surface area contributed by atoms with E-state index in [1.807, 2.05) is 0 Å². The summed E-state index contributed by atoms with van der Waals surface area (Å²) in [5.41, 5.74) is 0.883. The van der Waals surface area contributed by atoms with Crippen molar-refractivity contribution in [1.82, 2.24) is 9.97 Å². The second-order valence-corrected chi connectivity index (χ2v) is 5.08. The molecule has 1 fully saturated rings. The molecule has 1 aliphatic carbocycles. The average molecular weight is 275 g/mol. The summed E-state index contributed by atoms with van der Waals surface area (Å²) in [6, 6.07) is 4.76. The number of aromatic nitrogens is 2. The Morgan fingerprint density at radius 3 is 2.55 bits per heavy atom. The number of halogens is 2. The van der Waals surface area contributed by atoms with Crippen LogP contribution in [0.25, 0.3) is 11.3 Å². The van der Waals surface area contributed by atoms with Gasteiger partial charge in [0, 0.05) is 24.6 Å². The van der Waals surface area contributed by atoms with E-state index < -0.39 is 11.6 Å². The minimum absolute atomic E-state index is 0.175. The molecule has 0 unspecified atom stereocenters. The van der Waals surface area contributed by atoms with Crippen LogP contribution in [-0.4, -0.2) is 17.0 Å². The molecular formula is C15H15F2N3. The maximum atomic E-state index is 14.1. The fourth-order valence-corrected chi connectivity index (χ4v) is 2.10. The van der Waals surface area contributed by atoms with Gasteiger partial charge in [-0.05, 0) is 31.4 Å². The fraction of sp³-hybridized carbons (Fsp3) is 0.333. The second-order valence-electron chi connectivity index (χ2n) is 5.08. The molecule has 5 heteroatoms. The van der Waals surface area contributed by atoms with Gasteiger partial charge in [-0.25, -0.2) is 18.7 Å². The van der Waals surface area contributed by atoms with Gasteiger partial charge in [-0.1, -0.05) is 6.07 Å². The minimum atomic E-state index is -0.854. The van der Waals surface area contributed by atoms with Gasteiger partial charge >= 0.3 is 0 Å². The van der Waals surface area contributed by atoms with Crippen molar-refractivity contribution >= 4 is 5.82 Å². The number of hydrogen-bond acceptors (Lipinski definition) is 3. The van der Waals surface area contributed by atoms with Crippen LogP contribution >= 0.6 is 0 Å². The van der Waals surface area contributed by atoms with E-state index in [2.05, 4.69) is 15.3 Å². The number of hydrogen-bond donors (Lipinski definition) is 1. The van der Waals surface area contributed by atoms with Crippen LogP contribution in [0, 0.1) is 18.6 Å². The molecule has 1 aromatic carbocycles. The highest BCUT2D eigenvalue weighted by Gasteiger charge is 2.28. The Morgan fingerprint density at radius 2 is 1.90 bits per heavy atom. The molecule has 0 aliphatic heterocycles. The normalized spacial score (nSPS) is 14.4. The number of nitrogens with one attached hydrogen (secondary N) is 1. The van der Waals surface area contributed by atoms with Crippen LogP contribution in [0.15, 0.2) is 18.2 Å². The van der Waals surface area contributed by atoms with Gasteiger partial charge in [-0.2, -0.15) is 0 Å². The molecule has 1 heterocycles. The third kappa shape index (κ3) is 2.24. The fourth-order valence-electron chi connectivity index (χ4n) is 2.10. The number of nitrogens with zero attached hydrogens (tertiary/aromatic N) is 2. The molecular weight excluding hydrogens is 260 g/mol. The van der Waals surface area contributed by atoms with Crippen molar-refractivity contribution in [3.05, 3.63) is 41.2 Å². The molecule has 0 amide bonds. The lowest BCUT2D eigenvalue weighted by Crippen LogP contribution is -2.02. The number of benzene rings is 1. The number of anilines is 1. The summed E-state index contributed by atoms with van der Waals surface area (Å²) in [5.74, 6) is -0.00230. The van der Waals surface area contributed by atoms with E-state index in [1.54, 1.807) is 25.2 Å². The predicted octanol–water partition coefficient (Wildman–Crippen LogP) is 3.65. The Morgan fingerprint density at radius 1 is 1.15 bits per heavy atom. The van der Waals surface area contributed by atoms with Gasteiger partial charge in [0.1, 0.15) is 11.6 Å². The van der Waals surface area contributed by atoms with Crippen molar-refractivity contribution in [3.63, 3.8) is 0 Å².